The molecule has 0 fully saturated rings. The number of unbranched alkanes of at least 4 members (excludes halogenated alkanes) is 4. The van der Waals surface area contributed by atoms with E-state index >= 15 is 0 Å². The molecular weight excluding hydrogens is 308 g/mol. The van der Waals surface area contributed by atoms with Gasteiger partial charge in [0.15, 0.2) is 0 Å². The molecule has 0 radical (unpaired) electrons. The van der Waals surface area contributed by atoms with Crippen LogP contribution in [0.5, 0.6) is 11.5 Å². The molecule has 0 spiro atoms. The van der Waals surface area contributed by atoms with Gasteiger partial charge in [-0.3, -0.25) is 0 Å². The van der Waals surface area contributed by atoms with Gasteiger partial charge in [0, 0.05) is 6.07 Å². The van der Waals surface area contributed by atoms with Crippen LogP contribution in [0.3, 0.4) is 0 Å². The normalized spacial score (nSPS) is 10.4. The van der Waals surface area contributed by atoms with Crippen LogP contribution in [0.15, 0.2) is 51.9 Å². The fourth-order valence-corrected chi connectivity index (χ4v) is 2.14. The quantitative estimate of drug-likeness (QED) is 0.391. The van der Waals surface area contributed by atoms with E-state index in [-0.39, 0.29) is 5.56 Å². The summed E-state index contributed by atoms with van der Waals surface area (Å²) in [6, 6.07) is 9.41. The van der Waals surface area contributed by atoms with Crippen LogP contribution in [0.25, 0.3) is 0 Å². The molecule has 0 unspecified atom stereocenters. The van der Waals surface area contributed by atoms with Crippen molar-refractivity contribution in [2.45, 2.75) is 39.0 Å². The SMILES string of the molecule is CCCCCCCOc1ccc(OC(=O)c2ccc(=O)oc2)cc1. The van der Waals surface area contributed by atoms with E-state index < -0.39 is 11.6 Å². The second kappa shape index (κ2) is 9.55. The summed E-state index contributed by atoms with van der Waals surface area (Å²) in [5.74, 6) is 0.570. The van der Waals surface area contributed by atoms with Crippen molar-refractivity contribution in [3.8, 4) is 11.5 Å². The summed E-state index contributed by atoms with van der Waals surface area (Å²) in [7, 11) is 0. The predicted octanol–water partition coefficient (Wildman–Crippen LogP) is 4.21. The fourth-order valence-electron chi connectivity index (χ4n) is 2.14. The van der Waals surface area contributed by atoms with Crippen LogP contribution >= 0.6 is 0 Å². The lowest BCUT2D eigenvalue weighted by atomic mass is 10.2. The maximum atomic E-state index is 11.9. The van der Waals surface area contributed by atoms with Gasteiger partial charge in [-0.15, -0.1) is 0 Å². The number of benzene rings is 1. The number of hydrogen-bond acceptors (Lipinski definition) is 5. The summed E-state index contributed by atoms with van der Waals surface area (Å²) in [4.78, 5) is 22.8. The van der Waals surface area contributed by atoms with Gasteiger partial charge >= 0.3 is 11.6 Å². The Hall–Kier alpha value is -2.56. The molecule has 1 aromatic carbocycles. The van der Waals surface area contributed by atoms with E-state index in [1.807, 2.05) is 0 Å². The Bertz CT molecular complexity index is 667. The lowest BCUT2D eigenvalue weighted by molar-refractivity contribution is 0.0731. The van der Waals surface area contributed by atoms with Gasteiger partial charge in [0.05, 0.1) is 12.2 Å². The number of ether oxygens (including phenoxy) is 2. The summed E-state index contributed by atoms with van der Waals surface area (Å²) >= 11 is 0. The third-order valence-corrected chi connectivity index (χ3v) is 3.49. The van der Waals surface area contributed by atoms with Crippen LogP contribution < -0.4 is 15.1 Å². The largest absolute Gasteiger partial charge is 0.494 e. The minimum atomic E-state index is -0.580. The van der Waals surface area contributed by atoms with E-state index in [1.54, 1.807) is 24.3 Å². The molecule has 0 saturated carbocycles. The van der Waals surface area contributed by atoms with Crippen molar-refractivity contribution >= 4 is 5.97 Å². The third kappa shape index (κ3) is 5.91. The van der Waals surface area contributed by atoms with Crippen LogP contribution in [0.2, 0.25) is 0 Å². The monoisotopic (exact) mass is 330 g/mol. The number of rotatable bonds is 9. The van der Waals surface area contributed by atoms with Crippen molar-refractivity contribution in [2.75, 3.05) is 6.61 Å². The van der Waals surface area contributed by atoms with E-state index in [4.69, 9.17) is 9.47 Å². The van der Waals surface area contributed by atoms with Crippen LogP contribution in [0.4, 0.5) is 0 Å². The zero-order valence-electron chi connectivity index (χ0n) is 13.8. The van der Waals surface area contributed by atoms with Crippen LogP contribution in [0, 0.1) is 0 Å². The van der Waals surface area contributed by atoms with Gasteiger partial charge in [-0.2, -0.15) is 0 Å². The van der Waals surface area contributed by atoms with Gasteiger partial charge < -0.3 is 13.9 Å². The average molecular weight is 330 g/mol. The highest BCUT2D eigenvalue weighted by molar-refractivity contribution is 5.90. The van der Waals surface area contributed by atoms with Crippen LogP contribution in [-0.4, -0.2) is 12.6 Å². The lowest BCUT2D eigenvalue weighted by Gasteiger charge is -2.07. The van der Waals surface area contributed by atoms with E-state index in [9.17, 15) is 9.59 Å². The summed E-state index contributed by atoms with van der Waals surface area (Å²) in [6.07, 6.45) is 7.04. The summed E-state index contributed by atoms with van der Waals surface area (Å²) in [5.41, 5.74) is -0.329. The summed E-state index contributed by atoms with van der Waals surface area (Å²) in [6.45, 7) is 2.88. The molecule has 0 saturated heterocycles. The van der Waals surface area contributed by atoms with Crippen LogP contribution in [-0.2, 0) is 0 Å². The molecule has 2 rings (SSSR count). The van der Waals surface area contributed by atoms with Crippen molar-refractivity contribution < 1.29 is 18.7 Å². The van der Waals surface area contributed by atoms with Crippen molar-refractivity contribution in [1.82, 2.24) is 0 Å². The topological polar surface area (TPSA) is 65.7 Å². The molecule has 24 heavy (non-hydrogen) atoms. The van der Waals surface area contributed by atoms with E-state index in [0.717, 1.165) is 18.4 Å². The van der Waals surface area contributed by atoms with Crippen molar-refractivity contribution in [3.05, 3.63) is 58.6 Å². The Balaban J connectivity index is 1.78. The molecule has 5 heteroatoms. The molecule has 0 aliphatic rings. The highest BCUT2D eigenvalue weighted by Crippen LogP contribution is 2.19. The van der Waals surface area contributed by atoms with E-state index in [2.05, 4.69) is 11.3 Å². The third-order valence-electron chi connectivity index (χ3n) is 3.49. The number of esters is 1. The molecule has 2 aromatic rings. The van der Waals surface area contributed by atoms with Crippen molar-refractivity contribution in [1.29, 1.82) is 0 Å². The zero-order chi connectivity index (χ0) is 17.2. The molecule has 5 nitrogen and oxygen atoms in total. The molecule has 1 aromatic heterocycles. The van der Waals surface area contributed by atoms with Gasteiger partial charge in [0.2, 0.25) is 0 Å². The minimum Gasteiger partial charge on any atom is -0.494 e. The first kappa shape index (κ1) is 17.8. The Morgan fingerprint density at radius 1 is 0.958 bits per heavy atom. The smallest absolute Gasteiger partial charge is 0.346 e. The van der Waals surface area contributed by atoms with Crippen molar-refractivity contribution in [3.63, 3.8) is 0 Å². The van der Waals surface area contributed by atoms with Crippen LogP contribution in [0.1, 0.15) is 49.4 Å². The lowest BCUT2D eigenvalue weighted by Crippen LogP contribution is -2.10. The second-order valence-electron chi connectivity index (χ2n) is 5.47. The number of hydrogen-bond donors (Lipinski definition) is 0. The number of carbonyl (C=O) groups is 1. The van der Waals surface area contributed by atoms with E-state index in [1.165, 1.54) is 37.8 Å². The molecule has 0 atom stereocenters. The second-order valence-corrected chi connectivity index (χ2v) is 5.47. The summed E-state index contributed by atoms with van der Waals surface area (Å²) < 4.78 is 15.5. The Labute approximate surface area is 141 Å². The molecule has 1 heterocycles. The molecule has 0 amide bonds. The average Bonchev–Trinajstić information content (AvgIpc) is 2.60. The highest BCUT2D eigenvalue weighted by Gasteiger charge is 2.09. The highest BCUT2D eigenvalue weighted by atomic mass is 16.5. The van der Waals surface area contributed by atoms with Gasteiger partial charge in [-0.25, -0.2) is 9.59 Å². The van der Waals surface area contributed by atoms with Gasteiger partial charge in [-0.1, -0.05) is 32.6 Å². The van der Waals surface area contributed by atoms with E-state index in [0.29, 0.717) is 12.4 Å². The first-order chi connectivity index (χ1) is 11.7. The standard InChI is InChI=1S/C19H22O5/c1-2-3-4-5-6-13-22-16-8-10-17(11-9-16)24-19(21)15-7-12-18(20)23-14-15/h7-12,14H,2-6,13H2,1H3. The Morgan fingerprint density at radius 2 is 1.67 bits per heavy atom. The van der Waals surface area contributed by atoms with Crippen molar-refractivity contribution in [2.24, 2.45) is 0 Å². The molecular formula is C19H22O5. The van der Waals surface area contributed by atoms with Gasteiger partial charge in [0.1, 0.15) is 17.8 Å². The maximum absolute atomic E-state index is 11.9. The minimum absolute atomic E-state index is 0.182. The predicted molar refractivity (Wildman–Crippen MR) is 90.6 cm³/mol. The fraction of sp³-hybridized carbons (Fsp3) is 0.368. The first-order valence-corrected chi connectivity index (χ1v) is 8.23. The maximum Gasteiger partial charge on any atom is 0.346 e. The summed E-state index contributed by atoms with van der Waals surface area (Å²) in [5, 5.41) is 0. The first-order valence-electron chi connectivity index (χ1n) is 8.23. The molecule has 0 N–H and O–H groups in total. The Morgan fingerprint density at radius 3 is 2.33 bits per heavy atom. The number of carbonyl (C=O) groups excluding carboxylic acids is 1. The zero-order valence-corrected chi connectivity index (χ0v) is 13.8. The van der Waals surface area contributed by atoms with Gasteiger partial charge in [-0.05, 0) is 36.8 Å². The molecule has 0 aliphatic carbocycles. The Kier molecular flexibility index (Phi) is 7.08. The molecule has 128 valence electrons. The molecule has 0 aliphatic heterocycles. The van der Waals surface area contributed by atoms with Gasteiger partial charge in [0.25, 0.3) is 0 Å². The molecule has 0 bridgehead atoms.